The first-order chi connectivity index (χ1) is 10.1. The number of hydrogen-bond donors (Lipinski definition) is 0. The highest BCUT2D eigenvalue weighted by atomic mass is 32.2. The van der Waals surface area contributed by atoms with Gasteiger partial charge in [0.15, 0.2) is 0 Å². The molecule has 4 nitrogen and oxygen atoms in total. The highest BCUT2D eigenvalue weighted by molar-refractivity contribution is 7.89. The second-order valence-corrected chi connectivity index (χ2v) is 7.05. The number of nitrogens with zero attached hydrogens (tertiary/aromatic N) is 1. The van der Waals surface area contributed by atoms with Gasteiger partial charge in [0.05, 0.1) is 4.90 Å². The van der Waals surface area contributed by atoms with Crippen molar-refractivity contribution in [2.45, 2.75) is 18.4 Å². The minimum atomic E-state index is -3.49. The van der Waals surface area contributed by atoms with Gasteiger partial charge >= 0.3 is 0 Å². The van der Waals surface area contributed by atoms with E-state index in [9.17, 15) is 8.42 Å². The molecule has 0 N–H and O–H groups in total. The molecule has 0 amide bonds. The lowest BCUT2D eigenvalue weighted by molar-refractivity contribution is 0.293. The van der Waals surface area contributed by atoms with Crippen LogP contribution in [0.5, 0.6) is 5.75 Å². The second-order valence-electron chi connectivity index (χ2n) is 5.11. The smallest absolute Gasteiger partial charge is 0.243 e. The van der Waals surface area contributed by atoms with Crippen molar-refractivity contribution < 1.29 is 13.2 Å². The maximum absolute atomic E-state index is 12.7. The van der Waals surface area contributed by atoms with Crippen LogP contribution in [0.15, 0.2) is 53.4 Å². The normalized spacial score (nSPS) is 15.9. The molecule has 0 radical (unpaired) electrons. The third-order valence-corrected chi connectivity index (χ3v) is 5.44. The van der Waals surface area contributed by atoms with Crippen molar-refractivity contribution in [2.24, 2.45) is 0 Å². The van der Waals surface area contributed by atoms with Crippen LogP contribution in [-0.2, 0) is 16.6 Å². The summed E-state index contributed by atoms with van der Waals surface area (Å²) in [4.78, 5) is 0.326. The van der Waals surface area contributed by atoms with E-state index in [0.717, 1.165) is 16.9 Å². The Hall–Kier alpha value is -1.85. The van der Waals surface area contributed by atoms with E-state index in [2.05, 4.69) is 0 Å². The van der Waals surface area contributed by atoms with Crippen molar-refractivity contribution in [1.82, 2.24) is 4.31 Å². The maximum Gasteiger partial charge on any atom is 0.243 e. The van der Waals surface area contributed by atoms with E-state index in [4.69, 9.17) is 4.74 Å². The van der Waals surface area contributed by atoms with Crippen LogP contribution in [0.1, 0.15) is 11.1 Å². The highest BCUT2D eigenvalue weighted by Gasteiger charge is 2.27. The van der Waals surface area contributed by atoms with Crippen molar-refractivity contribution in [3.8, 4) is 5.75 Å². The van der Waals surface area contributed by atoms with Crippen molar-refractivity contribution >= 4 is 10.0 Å². The van der Waals surface area contributed by atoms with E-state index in [1.54, 1.807) is 12.1 Å². The lowest BCUT2D eigenvalue weighted by atomic mass is 10.2. The molecular formula is C16H17NO3S. The van der Waals surface area contributed by atoms with E-state index < -0.39 is 10.0 Å². The number of aryl methyl sites for hydroxylation is 1. The van der Waals surface area contributed by atoms with Gasteiger partial charge in [-0.3, -0.25) is 0 Å². The molecule has 0 spiro atoms. The van der Waals surface area contributed by atoms with E-state index >= 15 is 0 Å². The molecule has 1 aliphatic rings. The minimum Gasteiger partial charge on any atom is -0.492 e. The molecule has 0 bridgehead atoms. The minimum absolute atomic E-state index is 0.326. The zero-order valence-corrected chi connectivity index (χ0v) is 12.6. The fourth-order valence-corrected chi connectivity index (χ4v) is 3.77. The Labute approximate surface area is 125 Å². The number of fused-ring (bicyclic) bond motifs is 1. The monoisotopic (exact) mass is 303 g/mol. The summed E-state index contributed by atoms with van der Waals surface area (Å²) in [6.07, 6.45) is 0. The Balaban J connectivity index is 1.94. The first-order valence-electron chi connectivity index (χ1n) is 6.85. The topological polar surface area (TPSA) is 46.6 Å². The van der Waals surface area contributed by atoms with E-state index in [1.165, 1.54) is 4.31 Å². The number of ether oxygens (including phenoxy) is 1. The fourth-order valence-electron chi connectivity index (χ4n) is 2.37. The highest BCUT2D eigenvalue weighted by Crippen LogP contribution is 2.26. The second kappa shape index (κ2) is 5.50. The van der Waals surface area contributed by atoms with Crippen molar-refractivity contribution in [3.05, 3.63) is 59.7 Å². The predicted molar refractivity (Wildman–Crippen MR) is 80.7 cm³/mol. The number of benzene rings is 2. The molecule has 1 aliphatic heterocycles. The zero-order valence-electron chi connectivity index (χ0n) is 11.8. The number of para-hydroxylation sites is 1. The van der Waals surface area contributed by atoms with Gasteiger partial charge in [-0.1, -0.05) is 35.9 Å². The van der Waals surface area contributed by atoms with E-state index in [-0.39, 0.29) is 0 Å². The molecule has 3 rings (SSSR count). The molecule has 21 heavy (non-hydrogen) atoms. The van der Waals surface area contributed by atoms with Crippen LogP contribution in [0.2, 0.25) is 0 Å². The lowest BCUT2D eigenvalue weighted by Gasteiger charge is -2.19. The number of rotatable bonds is 2. The first-order valence-corrected chi connectivity index (χ1v) is 8.29. The Morgan fingerprint density at radius 3 is 2.52 bits per heavy atom. The Bertz CT molecular complexity index is 738. The SMILES string of the molecule is Cc1ccc(S(=O)(=O)N2CCOc3ccccc3C2)cc1. The van der Waals surface area contributed by atoms with Gasteiger partial charge in [-0.05, 0) is 25.1 Å². The maximum atomic E-state index is 12.7. The van der Waals surface area contributed by atoms with Crippen LogP contribution in [-0.4, -0.2) is 25.9 Å². The molecule has 5 heteroatoms. The summed E-state index contributed by atoms with van der Waals surface area (Å²) in [6, 6.07) is 14.5. The summed E-state index contributed by atoms with van der Waals surface area (Å²) in [5.74, 6) is 0.763. The van der Waals surface area contributed by atoms with Gasteiger partial charge < -0.3 is 4.74 Å². The molecule has 2 aromatic carbocycles. The van der Waals surface area contributed by atoms with Gasteiger partial charge in [-0.2, -0.15) is 4.31 Å². The summed E-state index contributed by atoms with van der Waals surface area (Å²) in [7, 11) is -3.49. The van der Waals surface area contributed by atoms with Gasteiger partial charge in [-0.15, -0.1) is 0 Å². The quantitative estimate of drug-likeness (QED) is 0.856. The number of sulfonamides is 1. The van der Waals surface area contributed by atoms with Crippen LogP contribution in [0.3, 0.4) is 0 Å². The fraction of sp³-hybridized carbons (Fsp3) is 0.250. The summed E-state index contributed by atoms with van der Waals surface area (Å²) in [6.45, 7) is 2.99. The van der Waals surface area contributed by atoms with Crippen LogP contribution in [0.25, 0.3) is 0 Å². The van der Waals surface area contributed by atoms with Crippen LogP contribution < -0.4 is 4.74 Å². The van der Waals surface area contributed by atoms with Crippen molar-refractivity contribution in [3.63, 3.8) is 0 Å². The Kier molecular flexibility index (Phi) is 3.69. The average Bonchev–Trinajstić information content (AvgIpc) is 2.70. The molecule has 0 saturated carbocycles. The molecule has 0 aromatic heterocycles. The standard InChI is InChI=1S/C16H17NO3S/c1-13-6-8-15(9-7-13)21(18,19)17-10-11-20-16-5-3-2-4-14(16)12-17/h2-9H,10-12H2,1H3. The van der Waals surface area contributed by atoms with Crippen molar-refractivity contribution in [2.75, 3.05) is 13.2 Å². The summed E-state index contributed by atoms with van der Waals surface area (Å²) in [5, 5.41) is 0. The molecule has 2 aromatic rings. The van der Waals surface area contributed by atoms with Crippen LogP contribution >= 0.6 is 0 Å². The van der Waals surface area contributed by atoms with Crippen molar-refractivity contribution in [1.29, 1.82) is 0 Å². The van der Waals surface area contributed by atoms with Gasteiger partial charge in [0, 0.05) is 18.7 Å². The molecular weight excluding hydrogens is 286 g/mol. The molecule has 0 atom stereocenters. The Morgan fingerprint density at radius 2 is 1.76 bits per heavy atom. The predicted octanol–water partition coefficient (Wildman–Crippen LogP) is 2.58. The van der Waals surface area contributed by atoms with E-state index in [1.807, 2.05) is 43.3 Å². The summed E-state index contributed by atoms with van der Waals surface area (Å²) >= 11 is 0. The molecule has 1 heterocycles. The summed E-state index contributed by atoms with van der Waals surface area (Å²) < 4.78 is 32.6. The van der Waals surface area contributed by atoms with Gasteiger partial charge in [0.2, 0.25) is 10.0 Å². The van der Waals surface area contributed by atoms with Crippen LogP contribution in [0, 0.1) is 6.92 Å². The zero-order chi connectivity index (χ0) is 14.9. The molecule has 0 fully saturated rings. The molecule has 110 valence electrons. The molecule has 0 unspecified atom stereocenters. The third-order valence-electron chi connectivity index (χ3n) is 3.58. The lowest BCUT2D eigenvalue weighted by Crippen LogP contribution is -2.32. The number of hydrogen-bond acceptors (Lipinski definition) is 3. The summed E-state index contributed by atoms with van der Waals surface area (Å²) in [5.41, 5.74) is 1.93. The Morgan fingerprint density at radius 1 is 1.05 bits per heavy atom. The largest absolute Gasteiger partial charge is 0.492 e. The molecule has 0 saturated heterocycles. The average molecular weight is 303 g/mol. The van der Waals surface area contributed by atoms with E-state index in [0.29, 0.717) is 24.6 Å². The first kappa shape index (κ1) is 14.1. The van der Waals surface area contributed by atoms with Gasteiger partial charge in [0.1, 0.15) is 12.4 Å². The van der Waals surface area contributed by atoms with Gasteiger partial charge in [0.25, 0.3) is 0 Å². The molecule has 0 aliphatic carbocycles. The van der Waals surface area contributed by atoms with Gasteiger partial charge in [-0.25, -0.2) is 8.42 Å². The third kappa shape index (κ3) is 2.80. The van der Waals surface area contributed by atoms with Crippen LogP contribution in [0.4, 0.5) is 0 Å².